The molecule has 12 heteroatoms. The van der Waals surface area contributed by atoms with Gasteiger partial charge in [-0.3, -0.25) is 9.59 Å². The molecule has 2 aromatic heterocycles. The lowest BCUT2D eigenvalue weighted by atomic mass is 9.99. The predicted octanol–water partition coefficient (Wildman–Crippen LogP) is 7.43. The maximum Gasteiger partial charge on any atom is 0.237 e. The van der Waals surface area contributed by atoms with Crippen LogP contribution in [0, 0.1) is 6.92 Å². The first kappa shape index (κ1) is 33.3. The summed E-state index contributed by atoms with van der Waals surface area (Å²) in [5.74, 6) is 1.47. The molecule has 0 unspecified atom stereocenters. The summed E-state index contributed by atoms with van der Waals surface area (Å²) in [6.45, 7) is 4.11. The van der Waals surface area contributed by atoms with Crippen LogP contribution in [0.5, 0.6) is 5.75 Å². The molecule has 0 bridgehead atoms. The second-order valence-corrected chi connectivity index (χ2v) is 14.6. The van der Waals surface area contributed by atoms with Crippen molar-refractivity contribution in [3.63, 3.8) is 0 Å². The molecule has 48 heavy (non-hydrogen) atoms. The van der Waals surface area contributed by atoms with Crippen LogP contribution in [0.4, 0.5) is 5.69 Å². The highest BCUT2D eigenvalue weighted by Gasteiger charge is 2.21. The van der Waals surface area contributed by atoms with Crippen LogP contribution < -0.4 is 15.4 Å². The molecule has 0 saturated heterocycles. The Kier molecular flexibility index (Phi) is 10.7. The van der Waals surface area contributed by atoms with Crippen LogP contribution in [0.3, 0.4) is 0 Å². The fourth-order valence-corrected chi connectivity index (χ4v) is 7.67. The van der Waals surface area contributed by atoms with Crippen molar-refractivity contribution in [2.45, 2.75) is 41.2 Å². The van der Waals surface area contributed by atoms with E-state index in [1.165, 1.54) is 34.9 Å². The summed E-state index contributed by atoms with van der Waals surface area (Å²) in [4.78, 5) is 30.9. The smallest absolute Gasteiger partial charge is 0.237 e. The van der Waals surface area contributed by atoms with Crippen LogP contribution in [-0.2, 0) is 23.2 Å². The van der Waals surface area contributed by atoms with E-state index in [1.54, 1.807) is 0 Å². The van der Waals surface area contributed by atoms with E-state index in [9.17, 15) is 9.59 Å². The minimum Gasteiger partial charge on any atom is -0.485 e. The third kappa shape index (κ3) is 8.25. The first-order valence-electron chi connectivity index (χ1n) is 15.3. The zero-order chi connectivity index (χ0) is 33.5. The molecule has 9 nitrogen and oxygen atoms in total. The second-order valence-electron chi connectivity index (χ2n) is 11.0. The average Bonchev–Trinajstić information content (AvgIpc) is 3.68. The van der Waals surface area contributed by atoms with Gasteiger partial charge >= 0.3 is 0 Å². The topological polar surface area (TPSA) is 111 Å². The van der Waals surface area contributed by atoms with E-state index in [4.69, 9.17) is 9.72 Å². The van der Waals surface area contributed by atoms with Gasteiger partial charge in [0.05, 0.1) is 27.3 Å². The van der Waals surface area contributed by atoms with E-state index >= 15 is 0 Å². The molecule has 0 aliphatic carbocycles. The van der Waals surface area contributed by atoms with Gasteiger partial charge in [-0.1, -0.05) is 102 Å². The van der Waals surface area contributed by atoms with E-state index in [-0.39, 0.29) is 30.2 Å². The van der Waals surface area contributed by atoms with Crippen LogP contribution in [0.2, 0.25) is 0 Å². The van der Waals surface area contributed by atoms with Crippen LogP contribution in [0.1, 0.15) is 35.5 Å². The molecule has 6 aromatic rings. The summed E-state index contributed by atoms with van der Waals surface area (Å²) in [6, 6.07) is 33.1. The number of thiazole rings is 1. The van der Waals surface area contributed by atoms with E-state index in [2.05, 4.69) is 20.8 Å². The molecule has 2 N–H and O–H groups in total. The highest BCUT2D eigenvalue weighted by molar-refractivity contribution is 8.01. The number of thioether (sulfide) groups is 2. The molecule has 0 spiro atoms. The lowest BCUT2D eigenvalue weighted by molar-refractivity contribution is -0.119. The summed E-state index contributed by atoms with van der Waals surface area (Å²) in [5, 5.41) is 14.9. The van der Waals surface area contributed by atoms with Crippen molar-refractivity contribution in [2.75, 3.05) is 11.1 Å². The lowest BCUT2D eigenvalue weighted by Crippen LogP contribution is -2.30. The molecule has 0 saturated carbocycles. The van der Waals surface area contributed by atoms with E-state index in [0.29, 0.717) is 16.7 Å². The van der Waals surface area contributed by atoms with Crippen molar-refractivity contribution in [3.8, 4) is 5.75 Å². The Morgan fingerprint density at radius 2 is 1.60 bits per heavy atom. The zero-order valence-electron chi connectivity index (χ0n) is 26.6. The third-order valence-electron chi connectivity index (χ3n) is 7.56. The average molecular weight is 695 g/mol. The fourth-order valence-electron chi connectivity index (χ4n) is 4.91. The van der Waals surface area contributed by atoms with E-state index in [1.807, 2.05) is 129 Å². The van der Waals surface area contributed by atoms with Gasteiger partial charge in [0.1, 0.15) is 12.4 Å². The highest BCUT2D eigenvalue weighted by atomic mass is 32.2. The summed E-state index contributed by atoms with van der Waals surface area (Å²) >= 11 is 4.22. The van der Waals surface area contributed by atoms with Gasteiger partial charge in [0.15, 0.2) is 15.3 Å². The molecule has 244 valence electrons. The fraction of sp³-hybridized carbons (Fsp3) is 0.194. The molecule has 0 fully saturated rings. The van der Waals surface area contributed by atoms with Crippen molar-refractivity contribution in [1.82, 2.24) is 25.1 Å². The Morgan fingerprint density at radius 1 is 0.917 bits per heavy atom. The molecule has 2 heterocycles. The number of hydrogen-bond donors (Lipinski definition) is 2. The number of ether oxygens (including phenoxy) is 1. The SMILES string of the molecule is Cc1ccccc1OCc1nnc(S[C@H](C)C(=O)Nc2ccc3nc(SCC(=O)NC(c4ccccc4)c4ccccc4)sc3c2)n1C. The Labute approximate surface area is 291 Å². The molecule has 0 aliphatic rings. The largest absolute Gasteiger partial charge is 0.485 e. The zero-order valence-corrected chi connectivity index (χ0v) is 29.1. The van der Waals surface area contributed by atoms with Crippen molar-refractivity contribution < 1.29 is 14.3 Å². The molecular weight excluding hydrogens is 661 g/mol. The number of hydrogen-bond acceptors (Lipinski definition) is 9. The number of rotatable bonds is 13. The molecule has 4 aromatic carbocycles. The Hall–Kier alpha value is -4.65. The maximum atomic E-state index is 13.1. The first-order valence-corrected chi connectivity index (χ1v) is 18.0. The standard InChI is InChI=1S/C36H34N6O3S3/c1-23-12-10-11-17-29(23)45-21-31-40-41-35(42(31)3)47-24(2)34(44)37-27-18-19-28-30(20-27)48-36(38-28)46-22-32(43)39-33(25-13-6-4-7-14-25)26-15-8-5-9-16-26/h4-20,24,33H,21-22H2,1-3H3,(H,37,44)(H,39,43)/t24-/m1/s1. The van der Waals surface area contributed by atoms with Crippen molar-refractivity contribution in [2.24, 2.45) is 7.05 Å². The summed E-state index contributed by atoms with van der Waals surface area (Å²) in [6.07, 6.45) is 0. The van der Waals surface area contributed by atoms with Crippen LogP contribution in [-0.4, -0.2) is 42.6 Å². The van der Waals surface area contributed by atoms with Gasteiger partial charge in [0.25, 0.3) is 0 Å². The number of fused-ring (bicyclic) bond motifs is 1. The molecular formula is C36H34N6O3S3. The molecule has 6 rings (SSSR count). The number of carbonyl (C=O) groups excluding carboxylic acids is 2. The molecule has 0 radical (unpaired) electrons. The first-order chi connectivity index (χ1) is 23.3. The van der Waals surface area contributed by atoms with E-state index < -0.39 is 5.25 Å². The van der Waals surface area contributed by atoms with Gasteiger partial charge in [0, 0.05) is 12.7 Å². The minimum absolute atomic E-state index is 0.0785. The van der Waals surface area contributed by atoms with Gasteiger partial charge < -0.3 is 19.9 Å². The summed E-state index contributed by atoms with van der Waals surface area (Å²) in [7, 11) is 1.87. The van der Waals surface area contributed by atoms with Gasteiger partial charge in [0.2, 0.25) is 11.8 Å². The van der Waals surface area contributed by atoms with Gasteiger partial charge in [-0.25, -0.2) is 4.98 Å². The van der Waals surface area contributed by atoms with Gasteiger partial charge in [-0.15, -0.1) is 21.5 Å². The van der Waals surface area contributed by atoms with Crippen LogP contribution >= 0.6 is 34.9 Å². The number of nitrogens with one attached hydrogen (secondary N) is 2. The monoisotopic (exact) mass is 694 g/mol. The number of benzene rings is 4. The maximum absolute atomic E-state index is 13.1. The second kappa shape index (κ2) is 15.5. The number of aryl methyl sites for hydroxylation is 1. The van der Waals surface area contributed by atoms with Gasteiger partial charge in [-0.05, 0) is 54.8 Å². The molecule has 1 atom stereocenters. The highest BCUT2D eigenvalue weighted by Crippen LogP contribution is 2.32. The van der Waals surface area contributed by atoms with E-state index in [0.717, 1.165) is 37.0 Å². The lowest BCUT2D eigenvalue weighted by Gasteiger charge is -2.19. The Morgan fingerprint density at radius 3 is 2.31 bits per heavy atom. The number of anilines is 1. The number of aromatic nitrogens is 4. The van der Waals surface area contributed by atoms with Crippen LogP contribution in [0.15, 0.2) is 113 Å². The molecule has 0 aliphatic heterocycles. The van der Waals surface area contributed by atoms with Crippen LogP contribution in [0.25, 0.3) is 10.2 Å². The number of amides is 2. The van der Waals surface area contributed by atoms with Crippen molar-refractivity contribution in [3.05, 3.63) is 126 Å². The Balaban J connectivity index is 1.03. The number of carbonyl (C=O) groups is 2. The third-order valence-corrected chi connectivity index (χ3v) is 10.9. The van der Waals surface area contributed by atoms with Crippen molar-refractivity contribution in [1.29, 1.82) is 0 Å². The summed E-state index contributed by atoms with van der Waals surface area (Å²) in [5.41, 5.74) is 4.58. The Bertz CT molecular complexity index is 1980. The normalized spacial score (nSPS) is 11.8. The number of para-hydroxylation sites is 1. The predicted molar refractivity (Wildman–Crippen MR) is 194 cm³/mol. The van der Waals surface area contributed by atoms with Gasteiger partial charge in [-0.2, -0.15) is 0 Å². The number of nitrogens with zero attached hydrogens (tertiary/aromatic N) is 4. The minimum atomic E-state index is -0.421. The van der Waals surface area contributed by atoms with Crippen molar-refractivity contribution >= 4 is 62.6 Å². The summed E-state index contributed by atoms with van der Waals surface area (Å²) < 4.78 is 9.48. The quantitative estimate of drug-likeness (QED) is 0.120. The molecule has 2 amide bonds.